The Morgan fingerprint density at radius 3 is 2.39 bits per heavy atom. The van der Waals surface area contributed by atoms with Gasteiger partial charge in [-0.15, -0.1) is 0 Å². The summed E-state index contributed by atoms with van der Waals surface area (Å²) in [5.41, 5.74) is 2.15. The molecule has 2 aromatic carbocycles. The predicted molar refractivity (Wildman–Crippen MR) is 78.4 cm³/mol. The third-order valence-corrected chi connectivity index (χ3v) is 3.36. The molecule has 0 aromatic heterocycles. The van der Waals surface area contributed by atoms with Gasteiger partial charge in [0.25, 0.3) is 0 Å². The van der Waals surface area contributed by atoms with Crippen molar-refractivity contribution in [3.05, 3.63) is 54.1 Å². The fourth-order valence-corrected chi connectivity index (χ4v) is 2.32. The molecule has 0 radical (unpaired) electrons. The molecule has 2 rings (SSSR count). The number of allylic oxidation sites excluding steroid dienone is 1. The Kier molecular flexibility index (Phi) is 3.83. The first-order valence-electron chi connectivity index (χ1n) is 6.47. The van der Waals surface area contributed by atoms with E-state index in [4.69, 9.17) is 0 Å². The Labute approximate surface area is 109 Å². The average molecular weight is 240 g/mol. The lowest BCUT2D eigenvalue weighted by atomic mass is 9.90. The largest absolute Gasteiger partial charge is 0.388 e. The zero-order chi connectivity index (χ0) is 13.1. The summed E-state index contributed by atoms with van der Waals surface area (Å²) in [6.45, 7) is 6.07. The van der Waals surface area contributed by atoms with Crippen LogP contribution in [0, 0.1) is 5.92 Å². The van der Waals surface area contributed by atoms with E-state index in [1.54, 1.807) is 0 Å². The molecule has 0 heterocycles. The van der Waals surface area contributed by atoms with Crippen molar-refractivity contribution in [3.8, 4) is 0 Å². The summed E-state index contributed by atoms with van der Waals surface area (Å²) in [5.74, 6) is 0.218. The number of fused-ring (bicyclic) bond motifs is 1. The predicted octanol–water partition coefficient (Wildman–Crippen LogP) is 4.26. The van der Waals surface area contributed by atoms with E-state index in [0.717, 1.165) is 11.1 Å². The van der Waals surface area contributed by atoms with Crippen molar-refractivity contribution >= 4 is 16.3 Å². The highest BCUT2D eigenvalue weighted by atomic mass is 16.3. The van der Waals surface area contributed by atoms with Crippen LogP contribution in [0.1, 0.15) is 26.3 Å². The Bertz CT molecular complexity index is 561. The van der Waals surface area contributed by atoms with Gasteiger partial charge in [-0.25, -0.2) is 0 Å². The maximum Gasteiger partial charge on any atom is 0.0815 e. The van der Waals surface area contributed by atoms with E-state index in [-0.39, 0.29) is 5.92 Å². The van der Waals surface area contributed by atoms with Gasteiger partial charge in [-0.3, -0.25) is 0 Å². The number of hydrogen-bond donors (Lipinski definition) is 1. The maximum atomic E-state index is 10.3. The monoisotopic (exact) mass is 240 g/mol. The number of aliphatic hydroxyl groups excluding tert-OH is 1. The van der Waals surface area contributed by atoms with Crippen LogP contribution >= 0.6 is 0 Å². The number of hydrogen-bond acceptors (Lipinski definition) is 1. The van der Waals surface area contributed by atoms with Crippen LogP contribution in [-0.4, -0.2) is 11.2 Å². The standard InChI is InChI=1S/C17H20O/c1-4-14(17(18)12(2)3)16-11-7-9-13-8-5-6-10-15(13)16/h4-12,17-18H,1-3H3/b14-4+/t17-/m1/s1. The first-order chi connectivity index (χ1) is 8.65. The minimum atomic E-state index is -0.416. The zero-order valence-corrected chi connectivity index (χ0v) is 11.2. The first kappa shape index (κ1) is 12.8. The number of benzene rings is 2. The topological polar surface area (TPSA) is 20.2 Å². The molecule has 1 heteroatoms. The second-order valence-electron chi connectivity index (χ2n) is 4.96. The Hall–Kier alpha value is -1.60. The van der Waals surface area contributed by atoms with E-state index in [1.807, 2.05) is 45.0 Å². The second kappa shape index (κ2) is 5.36. The van der Waals surface area contributed by atoms with Crippen LogP contribution in [0.4, 0.5) is 0 Å². The first-order valence-corrected chi connectivity index (χ1v) is 6.47. The number of aliphatic hydroxyl groups is 1. The molecule has 2 aromatic rings. The Balaban J connectivity index is 2.59. The van der Waals surface area contributed by atoms with E-state index in [2.05, 4.69) is 24.3 Å². The SMILES string of the molecule is C/C=C(\c1cccc2ccccc12)[C@H](O)C(C)C. The van der Waals surface area contributed by atoms with Gasteiger partial charge in [0.05, 0.1) is 6.10 Å². The molecule has 0 aliphatic carbocycles. The molecule has 0 saturated carbocycles. The molecule has 94 valence electrons. The van der Waals surface area contributed by atoms with E-state index < -0.39 is 6.10 Å². The van der Waals surface area contributed by atoms with Crippen molar-refractivity contribution in [1.82, 2.24) is 0 Å². The van der Waals surface area contributed by atoms with Crippen LogP contribution in [0.2, 0.25) is 0 Å². The van der Waals surface area contributed by atoms with Gasteiger partial charge in [0.15, 0.2) is 0 Å². The second-order valence-corrected chi connectivity index (χ2v) is 4.96. The lowest BCUT2D eigenvalue weighted by molar-refractivity contribution is 0.181. The minimum absolute atomic E-state index is 0.218. The Morgan fingerprint density at radius 2 is 1.72 bits per heavy atom. The molecule has 0 bridgehead atoms. The molecule has 0 spiro atoms. The van der Waals surface area contributed by atoms with Gasteiger partial charge in [-0.2, -0.15) is 0 Å². The van der Waals surface area contributed by atoms with Crippen molar-refractivity contribution in [2.75, 3.05) is 0 Å². The van der Waals surface area contributed by atoms with E-state index in [9.17, 15) is 5.11 Å². The molecule has 1 nitrogen and oxygen atoms in total. The molecular formula is C17H20O. The quantitative estimate of drug-likeness (QED) is 0.850. The molecule has 0 unspecified atom stereocenters. The third kappa shape index (κ3) is 2.32. The van der Waals surface area contributed by atoms with Gasteiger partial charge in [-0.1, -0.05) is 62.4 Å². The fraction of sp³-hybridized carbons (Fsp3) is 0.294. The Morgan fingerprint density at radius 1 is 1.06 bits per heavy atom. The van der Waals surface area contributed by atoms with Crippen LogP contribution < -0.4 is 0 Å². The van der Waals surface area contributed by atoms with Crippen molar-refractivity contribution in [2.45, 2.75) is 26.9 Å². The zero-order valence-electron chi connectivity index (χ0n) is 11.2. The van der Waals surface area contributed by atoms with E-state index in [0.29, 0.717) is 0 Å². The lowest BCUT2D eigenvalue weighted by Gasteiger charge is -2.20. The summed E-state index contributed by atoms with van der Waals surface area (Å²) < 4.78 is 0. The third-order valence-electron chi connectivity index (χ3n) is 3.36. The summed E-state index contributed by atoms with van der Waals surface area (Å²) in [5, 5.41) is 12.7. The van der Waals surface area contributed by atoms with Gasteiger partial charge >= 0.3 is 0 Å². The highest BCUT2D eigenvalue weighted by Gasteiger charge is 2.17. The summed E-state index contributed by atoms with van der Waals surface area (Å²) >= 11 is 0. The normalized spacial score (nSPS) is 14.2. The summed E-state index contributed by atoms with van der Waals surface area (Å²) in [7, 11) is 0. The van der Waals surface area contributed by atoms with Gasteiger partial charge in [0.1, 0.15) is 0 Å². The molecular weight excluding hydrogens is 220 g/mol. The molecule has 1 atom stereocenters. The van der Waals surface area contributed by atoms with Gasteiger partial charge < -0.3 is 5.11 Å². The molecule has 18 heavy (non-hydrogen) atoms. The van der Waals surface area contributed by atoms with E-state index >= 15 is 0 Å². The van der Waals surface area contributed by atoms with Gasteiger partial charge in [-0.05, 0) is 34.8 Å². The molecule has 0 fully saturated rings. The lowest BCUT2D eigenvalue weighted by Crippen LogP contribution is -2.16. The molecule has 1 N–H and O–H groups in total. The molecule has 0 saturated heterocycles. The van der Waals surface area contributed by atoms with Crippen LogP contribution in [0.5, 0.6) is 0 Å². The van der Waals surface area contributed by atoms with Crippen LogP contribution in [-0.2, 0) is 0 Å². The number of rotatable bonds is 3. The van der Waals surface area contributed by atoms with Gasteiger partial charge in [0.2, 0.25) is 0 Å². The minimum Gasteiger partial charge on any atom is -0.388 e. The average Bonchev–Trinajstić information content (AvgIpc) is 2.39. The van der Waals surface area contributed by atoms with Crippen LogP contribution in [0.25, 0.3) is 16.3 Å². The molecule has 0 aliphatic rings. The highest BCUT2D eigenvalue weighted by Crippen LogP contribution is 2.29. The smallest absolute Gasteiger partial charge is 0.0815 e. The van der Waals surface area contributed by atoms with Crippen molar-refractivity contribution in [1.29, 1.82) is 0 Å². The van der Waals surface area contributed by atoms with Crippen LogP contribution in [0.15, 0.2) is 48.5 Å². The van der Waals surface area contributed by atoms with Crippen molar-refractivity contribution in [2.24, 2.45) is 5.92 Å². The van der Waals surface area contributed by atoms with Crippen LogP contribution in [0.3, 0.4) is 0 Å². The summed E-state index contributed by atoms with van der Waals surface area (Å²) in [6, 6.07) is 14.5. The fourth-order valence-electron chi connectivity index (χ4n) is 2.32. The molecule has 0 aliphatic heterocycles. The highest BCUT2D eigenvalue weighted by molar-refractivity contribution is 5.94. The summed E-state index contributed by atoms with van der Waals surface area (Å²) in [6.07, 6.45) is 1.60. The van der Waals surface area contributed by atoms with Crippen molar-refractivity contribution < 1.29 is 5.11 Å². The van der Waals surface area contributed by atoms with E-state index in [1.165, 1.54) is 10.8 Å². The maximum absolute atomic E-state index is 10.3. The van der Waals surface area contributed by atoms with Crippen molar-refractivity contribution in [3.63, 3.8) is 0 Å². The van der Waals surface area contributed by atoms with Gasteiger partial charge in [0, 0.05) is 0 Å². The molecule has 0 amide bonds. The summed E-state index contributed by atoms with van der Waals surface area (Å²) in [4.78, 5) is 0.